The van der Waals surface area contributed by atoms with Crippen LogP contribution in [-0.2, 0) is 4.79 Å². The largest absolute Gasteiger partial charge is 0.326 e. The molecule has 3 rings (SSSR count). The lowest BCUT2D eigenvalue weighted by Crippen LogP contribution is -2.34. The fraction of sp³-hybridized carbons (Fsp3) is 0.0588. The molecule has 0 aliphatic rings. The number of hydrogen-bond donors (Lipinski definition) is 3. The average Bonchev–Trinajstić information content (AvgIpc) is 2.96. The third-order valence-corrected chi connectivity index (χ3v) is 5.12. The van der Waals surface area contributed by atoms with Gasteiger partial charge in [0.1, 0.15) is 0 Å². The van der Waals surface area contributed by atoms with Crippen molar-refractivity contribution in [2.24, 2.45) is 0 Å². The Kier molecular flexibility index (Phi) is 5.79. The summed E-state index contributed by atoms with van der Waals surface area (Å²) in [6, 6.07) is 12.6. The molecule has 3 aromatic rings. The molecule has 2 aromatic carbocycles. The van der Waals surface area contributed by atoms with Gasteiger partial charge in [0, 0.05) is 21.7 Å². The smallest absolute Gasteiger partial charge is 0.257 e. The lowest BCUT2D eigenvalue weighted by Gasteiger charge is -2.07. The molecule has 132 valence electrons. The Labute approximate surface area is 172 Å². The standard InChI is InChI=1S/C17H13IN4O2S2/c1-9(23)19-12-6-7-13-14(8-12)26-17(20-13)22-16(25)21-15(24)10-2-4-11(18)5-3-10/h2-8H,1H3,(H,19,23)(H2,20,21,22,24,25). The molecule has 0 spiro atoms. The number of aromatic nitrogens is 1. The molecule has 26 heavy (non-hydrogen) atoms. The van der Waals surface area contributed by atoms with E-state index >= 15 is 0 Å². The Morgan fingerprint density at radius 1 is 1.12 bits per heavy atom. The first-order valence-electron chi connectivity index (χ1n) is 7.47. The summed E-state index contributed by atoms with van der Waals surface area (Å²) >= 11 is 8.74. The van der Waals surface area contributed by atoms with Gasteiger partial charge in [-0.05, 0) is 77.3 Å². The predicted octanol–water partition coefficient (Wildman–Crippen LogP) is 3.99. The zero-order chi connectivity index (χ0) is 18.7. The van der Waals surface area contributed by atoms with Gasteiger partial charge in [0.2, 0.25) is 5.91 Å². The second-order valence-corrected chi connectivity index (χ2v) is 7.98. The van der Waals surface area contributed by atoms with E-state index in [1.54, 1.807) is 18.2 Å². The van der Waals surface area contributed by atoms with Crippen LogP contribution in [0.3, 0.4) is 0 Å². The van der Waals surface area contributed by atoms with Crippen LogP contribution in [0.2, 0.25) is 0 Å². The maximum absolute atomic E-state index is 12.2. The summed E-state index contributed by atoms with van der Waals surface area (Å²) in [5, 5.41) is 9.03. The highest BCUT2D eigenvalue weighted by molar-refractivity contribution is 14.1. The fourth-order valence-corrected chi connectivity index (χ4v) is 3.69. The van der Waals surface area contributed by atoms with Crippen LogP contribution in [0, 0.1) is 3.57 Å². The molecule has 0 radical (unpaired) electrons. The molecule has 9 heteroatoms. The molecular formula is C17H13IN4O2S2. The van der Waals surface area contributed by atoms with Crippen LogP contribution in [0.1, 0.15) is 17.3 Å². The molecule has 1 aromatic heterocycles. The number of nitrogens with zero attached hydrogens (tertiary/aromatic N) is 1. The molecule has 2 amide bonds. The highest BCUT2D eigenvalue weighted by Gasteiger charge is 2.10. The van der Waals surface area contributed by atoms with Gasteiger partial charge in [0.25, 0.3) is 5.91 Å². The molecule has 0 saturated heterocycles. The van der Waals surface area contributed by atoms with E-state index in [2.05, 4.69) is 43.5 Å². The van der Waals surface area contributed by atoms with Gasteiger partial charge in [-0.3, -0.25) is 14.9 Å². The Hall–Kier alpha value is -2.11. The van der Waals surface area contributed by atoms with Crippen molar-refractivity contribution in [3.05, 3.63) is 51.6 Å². The number of benzene rings is 2. The van der Waals surface area contributed by atoms with Crippen LogP contribution < -0.4 is 16.0 Å². The summed E-state index contributed by atoms with van der Waals surface area (Å²) in [5.41, 5.74) is 2.01. The van der Waals surface area contributed by atoms with Crippen molar-refractivity contribution in [1.82, 2.24) is 10.3 Å². The molecule has 0 saturated carbocycles. The Bertz CT molecular complexity index is 1000. The zero-order valence-electron chi connectivity index (χ0n) is 13.5. The van der Waals surface area contributed by atoms with E-state index in [9.17, 15) is 9.59 Å². The molecule has 0 bridgehead atoms. The average molecular weight is 496 g/mol. The minimum atomic E-state index is -0.284. The lowest BCUT2D eigenvalue weighted by molar-refractivity contribution is -0.114. The number of thiazole rings is 1. The summed E-state index contributed by atoms with van der Waals surface area (Å²) in [5.74, 6) is -0.417. The molecule has 3 N–H and O–H groups in total. The van der Waals surface area contributed by atoms with Crippen molar-refractivity contribution in [2.45, 2.75) is 6.92 Å². The van der Waals surface area contributed by atoms with Gasteiger partial charge in [-0.25, -0.2) is 4.98 Å². The lowest BCUT2D eigenvalue weighted by atomic mass is 10.2. The molecule has 0 fully saturated rings. The van der Waals surface area contributed by atoms with Crippen molar-refractivity contribution in [3.8, 4) is 0 Å². The number of fused-ring (bicyclic) bond motifs is 1. The summed E-state index contributed by atoms with van der Waals surface area (Å²) in [7, 11) is 0. The van der Waals surface area contributed by atoms with Crippen LogP contribution in [0.4, 0.5) is 10.8 Å². The second kappa shape index (κ2) is 8.06. The van der Waals surface area contributed by atoms with Gasteiger partial charge in [0.05, 0.1) is 10.2 Å². The van der Waals surface area contributed by atoms with Crippen molar-refractivity contribution in [1.29, 1.82) is 0 Å². The number of halogens is 1. The number of hydrogen-bond acceptors (Lipinski definition) is 5. The first kappa shape index (κ1) is 18.7. The number of carbonyl (C=O) groups is 2. The Morgan fingerprint density at radius 3 is 2.54 bits per heavy atom. The summed E-state index contributed by atoms with van der Waals surface area (Å²) in [6.07, 6.45) is 0. The van der Waals surface area contributed by atoms with Crippen LogP contribution in [0.25, 0.3) is 10.2 Å². The third kappa shape index (κ3) is 4.74. The van der Waals surface area contributed by atoms with Gasteiger partial charge in [0.15, 0.2) is 10.2 Å². The first-order chi connectivity index (χ1) is 12.4. The van der Waals surface area contributed by atoms with Crippen LogP contribution in [0.5, 0.6) is 0 Å². The Morgan fingerprint density at radius 2 is 1.85 bits per heavy atom. The van der Waals surface area contributed by atoms with Crippen LogP contribution >= 0.6 is 46.1 Å². The highest BCUT2D eigenvalue weighted by Crippen LogP contribution is 2.28. The molecular weight excluding hydrogens is 483 g/mol. The second-order valence-electron chi connectivity index (χ2n) is 5.30. The zero-order valence-corrected chi connectivity index (χ0v) is 17.3. The molecule has 0 atom stereocenters. The Balaban J connectivity index is 1.67. The van der Waals surface area contributed by atoms with E-state index in [1.807, 2.05) is 24.3 Å². The maximum atomic E-state index is 12.2. The van der Waals surface area contributed by atoms with E-state index in [4.69, 9.17) is 12.2 Å². The molecule has 0 aliphatic heterocycles. The van der Waals surface area contributed by atoms with Gasteiger partial charge >= 0.3 is 0 Å². The SMILES string of the molecule is CC(=O)Nc1ccc2nc(NC(=S)NC(=O)c3ccc(I)cc3)sc2c1. The van der Waals surface area contributed by atoms with E-state index in [0.29, 0.717) is 16.4 Å². The predicted molar refractivity (Wildman–Crippen MR) is 117 cm³/mol. The van der Waals surface area contributed by atoms with Gasteiger partial charge in [-0.2, -0.15) is 0 Å². The van der Waals surface area contributed by atoms with Gasteiger partial charge in [-0.15, -0.1) is 0 Å². The van der Waals surface area contributed by atoms with Crippen molar-refractivity contribution < 1.29 is 9.59 Å². The number of thiocarbonyl (C=S) groups is 1. The minimum absolute atomic E-state index is 0.133. The first-order valence-corrected chi connectivity index (χ1v) is 9.77. The number of anilines is 2. The maximum Gasteiger partial charge on any atom is 0.257 e. The summed E-state index contributed by atoms with van der Waals surface area (Å²) in [6.45, 7) is 1.46. The summed E-state index contributed by atoms with van der Waals surface area (Å²) in [4.78, 5) is 27.7. The monoisotopic (exact) mass is 496 g/mol. The normalized spacial score (nSPS) is 10.4. The number of nitrogens with one attached hydrogen (secondary N) is 3. The quantitative estimate of drug-likeness (QED) is 0.378. The minimum Gasteiger partial charge on any atom is -0.326 e. The van der Waals surface area contributed by atoms with Gasteiger partial charge in [-0.1, -0.05) is 11.3 Å². The molecule has 0 aliphatic carbocycles. The number of rotatable bonds is 3. The van der Waals surface area contributed by atoms with Crippen LogP contribution in [-0.4, -0.2) is 21.9 Å². The van der Waals surface area contributed by atoms with E-state index in [1.165, 1.54) is 18.3 Å². The topological polar surface area (TPSA) is 83.1 Å². The van der Waals surface area contributed by atoms with Gasteiger partial charge < -0.3 is 10.6 Å². The third-order valence-electron chi connectivity index (χ3n) is 3.26. The van der Waals surface area contributed by atoms with E-state index in [0.717, 1.165) is 13.8 Å². The molecule has 1 heterocycles. The van der Waals surface area contributed by atoms with Crippen molar-refractivity contribution in [3.63, 3.8) is 0 Å². The number of carbonyl (C=O) groups excluding carboxylic acids is 2. The van der Waals surface area contributed by atoms with E-state index in [-0.39, 0.29) is 16.9 Å². The highest BCUT2D eigenvalue weighted by atomic mass is 127. The number of amides is 2. The summed E-state index contributed by atoms with van der Waals surface area (Å²) < 4.78 is 1.94. The van der Waals surface area contributed by atoms with Crippen molar-refractivity contribution in [2.75, 3.05) is 10.6 Å². The van der Waals surface area contributed by atoms with Crippen molar-refractivity contribution >= 4 is 84.1 Å². The fourth-order valence-electron chi connectivity index (χ4n) is 2.16. The molecule has 0 unspecified atom stereocenters. The van der Waals surface area contributed by atoms with Crippen LogP contribution in [0.15, 0.2) is 42.5 Å². The molecule has 6 nitrogen and oxygen atoms in total. The van der Waals surface area contributed by atoms with E-state index < -0.39 is 0 Å².